The molecule has 0 heterocycles. The van der Waals surface area contributed by atoms with Crippen LogP contribution in [0.4, 0.5) is 5.69 Å². The second-order valence-electron chi connectivity index (χ2n) is 11.9. The minimum Gasteiger partial charge on any atom is -0.371 e. The number of rotatable bonds is 29. The Morgan fingerprint density at radius 1 is 0.421 bits per heavy atom. The van der Waals surface area contributed by atoms with Crippen LogP contribution in [0.25, 0.3) is 0 Å². The van der Waals surface area contributed by atoms with Gasteiger partial charge in [-0.1, -0.05) is 180 Å². The Balaban J connectivity index is 2.09. The lowest BCUT2D eigenvalue weighted by Gasteiger charge is -2.26. The second kappa shape index (κ2) is 28.0. The molecule has 1 aromatic rings. The van der Waals surface area contributed by atoms with Gasteiger partial charge in [0.2, 0.25) is 0 Å². The first-order chi connectivity index (χ1) is 18.8. The lowest BCUT2D eigenvalue weighted by atomic mass is 10.0. The summed E-state index contributed by atoms with van der Waals surface area (Å²) in [5.74, 6) is 0. The van der Waals surface area contributed by atoms with Crippen LogP contribution in [0.3, 0.4) is 0 Å². The van der Waals surface area contributed by atoms with E-state index < -0.39 is 0 Å². The summed E-state index contributed by atoms with van der Waals surface area (Å²) >= 11 is 3.82. The van der Waals surface area contributed by atoms with E-state index in [-0.39, 0.29) is 0 Å². The highest BCUT2D eigenvalue weighted by Gasteiger charge is 2.09. The quantitative estimate of drug-likeness (QED) is 0.0837. The summed E-state index contributed by atoms with van der Waals surface area (Å²) in [6, 6.07) is 8.84. The molecule has 1 nitrogen and oxygen atoms in total. The van der Waals surface area contributed by atoms with Crippen molar-refractivity contribution in [3.05, 3.63) is 28.7 Å². The molecule has 0 aliphatic heterocycles. The van der Waals surface area contributed by atoms with Crippen molar-refractivity contribution in [2.24, 2.45) is 0 Å². The Morgan fingerprint density at radius 2 is 0.711 bits per heavy atom. The average Bonchev–Trinajstić information content (AvgIpc) is 2.93. The van der Waals surface area contributed by atoms with Crippen LogP contribution >= 0.6 is 15.9 Å². The van der Waals surface area contributed by atoms with Crippen molar-refractivity contribution in [3.63, 3.8) is 0 Å². The third-order valence-electron chi connectivity index (χ3n) is 8.26. The summed E-state index contributed by atoms with van der Waals surface area (Å²) in [4.78, 5) is 2.65. The third kappa shape index (κ3) is 21.3. The van der Waals surface area contributed by atoms with Crippen LogP contribution in [-0.4, -0.2) is 13.1 Å². The van der Waals surface area contributed by atoms with Crippen molar-refractivity contribution in [2.75, 3.05) is 18.0 Å². The zero-order chi connectivity index (χ0) is 27.4. The minimum absolute atomic E-state index is 1.21. The fraction of sp³-hybridized carbons (Fsp3) is 0.833. The third-order valence-corrected chi connectivity index (χ3v) is 8.93. The first-order valence-electron chi connectivity index (χ1n) is 17.3. The molecule has 0 atom stereocenters. The summed E-state index contributed by atoms with van der Waals surface area (Å²) in [5.41, 5.74) is 1.39. The van der Waals surface area contributed by atoms with Gasteiger partial charge in [-0.3, -0.25) is 0 Å². The first kappa shape index (κ1) is 35.5. The molecule has 0 aromatic heterocycles. The van der Waals surface area contributed by atoms with Gasteiger partial charge in [-0.25, -0.2) is 0 Å². The maximum atomic E-state index is 3.82. The molecule has 0 fully saturated rings. The van der Waals surface area contributed by atoms with Gasteiger partial charge in [0.25, 0.3) is 0 Å². The fourth-order valence-corrected chi connectivity index (χ4v) is 6.24. The monoisotopic (exact) mass is 591 g/mol. The van der Waals surface area contributed by atoms with Gasteiger partial charge >= 0.3 is 0 Å². The molecule has 0 spiro atoms. The molecule has 222 valence electrons. The predicted octanol–water partition coefficient (Wildman–Crippen LogP) is 13.4. The number of halogens is 1. The highest BCUT2D eigenvalue weighted by atomic mass is 79.9. The molecule has 38 heavy (non-hydrogen) atoms. The molecule has 0 saturated heterocycles. The molecule has 1 aromatic carbocycles. The van der Waals surface area contributed by atoms with Crippen molar-refractivity contribution in [1.29, 1.82) is 0 Å². The van der Waals surface area contributed by atoms with E-state index in [2.05, 4.69) is 58.9 Å². The summed E-state index contributed by atoms with van der Waals surface area (Å²) in [5, 5.41) is 0. The summed E-state index contributed by atoms with van der Waals surface area (Å²) in [6.45, 7) is 7.02. The zero-order valence-corrected chi connectivity index (χ0v) is 27.5. The van der Waals surface area contributed by atoms with Crippen LogP contribution in [0.15, 0.2) is 28.7 Å². The van der Waals surface area contributed by atoms with E-state index >= 15 is 0 Å². The van der Waals surface area contributed by atoms with Crippen LogP contribution in [0.1, 0.15) is 181 Å². The van der Waals surface area contributed by atoms with E-state index in [1.165, 1.54) is 190 Å². The number of anilines is 1. The molecule has 0 bridgehead atoms. The smallest absolute Gasteiger partial charge is 0.0510 e. The Kier molecular flexibility index (Phi) is 26.2. The van der Waals surface area contributed by atoms with Gasteiger partial charge in [-0.2, -0.15) is 0 Å². The minimum atomic E-state index is 1.21. The van der Waals surface area contributed by atoms with Crippen molar-refractivity contribution >= 4 is 21.6 Å². The van der Waals surface area contributed by atoms with Gasteiger partial charge in [0.1, 0.15) is 0 Å². The molecule has 0 saturated carbocycles. The Bertz CT molecular complexity index is 571. The van der Waals surface area contributed by atoms with Gasteiger partial charge in [0.15, 0.2) is 0 Å². The van der Waals surface area contributed by atoms with E-state index in [1.807, 2.05) is 0 Å². The molecule has 0 amide bonds. The standard InChI is InChI=1S/C36H66BrN/c1-3-5-7-9-11-13-15-17-19-21-23-25-29-33-38(36-32-28-27-31-35(36)37)34-30-26-24-22-20-18-16-14-12-10-8-6-4-2/h27-28,31-32H,3-26,29-30,33-34H2,1-2H3. The maximum absolute atomic E-state index is 3.82. The molecular weight excluding hydrogens is 526 g/mol. The Labute approximate surface area is 248 Å². The number of benzene rings is 1. The first-order valence-corrected chi connectivity index (χ1v) is 18.1. The van der Waals surface area contributed by atoms with Crippen LogP contribution in [0.5, 0.6) is 0 Å². The number of hydrogen-bond acceptors (Lipinski definition) is 1. The van der Waals surface area contributed by atoms with E-state index in [0.29, 0.717) is 0 Å². The molecule has 0 unspecified atom stereocenters. The second-order valence-corrected chi connectivity index (χ2v) is 12.8. The molecular formula is C36H66BrN. The average molecular weight is 593 g/mol. The van der Waals surface area contributed by atoms with E-state index in [9.17, 15) is 0 Å². The van der Waals surface area contributed by atoms with Crippen molar-refractivity contribution in [3.8, 4) is 0 Å². The number of unbranched alkanes of at least 4 members (excludes halogenated alkanes) is 24. The van der Waals surface area contributed by atoms with Gasteiger partial charge < -0.3 is 4.90 Å². The van der Waals surface area contributed by atoms with Crippen LogP contribution in [0, 0.1) is 0 Å². The van der Waals surface area contributed by atoms with Crippen LogP contribution < -0.4 is 4.90 Å². The van der Waals surface area contributed by atoms with Crippen molar-refractivity contribution in [2.45, 2.75) is 181 Å². The number of para-hydroxylation sites is 1. The topological polar surface area (TPSA) is 3.24 Å². The maximum Gasteiger partial charge on any atom is 0.0510 e. The predicted molar refractivity (Wildman–Crippen MR) is 178 cm³/mol. The highest BCUT2D eigenvalue weighted by Crippen LogP contribution is 2.27. The largest absolute Gasteiger partial charge is 0.371 e. The highest BCUT2D eigenvalue weighted by molar-refractivity contribution is 9.10. The number of nitrogens with zero attached hydrogens (tertiary/aromatic N) is 1. The fourth-order valence-electron chi connectivity index (χ4n) is 5.70. The lowest BCUT2D eigenvalue weighted by Crippen LogP contribution is -2.26. The normalized spacial score (nSPS) is 11.3. The number of hydrogen-bond donors (Lipinski definition) is 0. The molecule has 0 aliphatic carbocycles. The van der Waals surface area contributed by atoms with E-state index in [4.69, 9.17) is 0 Å². The van der Waals surface area contributed by atoms with Gasteiger partial charge in [0, 0.05) is 17.6 Å². The molecule has 2 heteroatoms. The molecule has 0 radical (unpaired) electrons. The van der Waals surface area contributed by atoms with Crippen molar-refractivity contribution in [1.82, 2.24) is 0 Å². The van der Waals surface area contributed by atoms with Gasteiger partial charge in [-0.15, -0.1) is 0 Å². The van der Waals surface area contributed by atoms with E-state index in [1.54, 1.807) is 0 Å². The van der Waals surface area contributed by atoms with Gasteiger partial charge in [-0.05, 0) is 40.9 Å². The summed E-state index contributed by atoms with van der Waals surface area (Å²) in [6.07, 6.45) is 37.1. The van der Waals surface area contributed by atoms with Crippen LogP contribution in [0.2, 0.25) is 0 Å². The van der Waals surface area contributed by atoms with Gasteiger partial charge in [0.05, 0.1) is 5.69 Å². The Hall–Kier alpha value is -0.500. The SMILES string of the molecule is CCCCCCCCCCCCCCCN(CCCCCCCCCCCCCCC)c1ccccc1Br. The van der Waals surface area contributed by atoms with Crippen LogP contribution in [-0.2, 0) is 0 Å². The van der Waals surface area contributed by atoms with Crippen molar-refractivity contribution < 1.29 is 0 Å². The molecule has 0 N–H and O–H groups in total. The van der Waals surface area contributed by atoms with E-state index in [0.717, 1.165) is 0 Å². The summed E-state index contributed by atoms with van der Waals surface area (Å²) in [7, 11) is 0. The zero-order valence-electron chi connectivity index (χ0n) is 25.9. The molecule has 1 rings (SSSR count). The summed E-state index contributed by atoms with van der Waals surface area (Å²) < 4.78 is 1.25. The lowest BCUT2D eigenvalue weighted by molar-refractivity contribution is 0.531. The molecule has 0 aliphatic rings. The Morgan fingerprint density at radius 3 is 1.03 bits per heavy atom.